The first-order valence-corrected chi connectivity index (χ1v) is 13.2. The van der Waals surface area contributed by atoms with Gasteiger partial charge >= 0.3 is 192 Å². The number of hydrogen-bond donors (Lipinski definition) is 0. The van der Waals surface area contributed by atoms with Crippen LogP contribution in [0.3, 0.4) is 0 Å². The molecule has 4 aromatic rings. The third-order valence-corrected chi connectivity index (χ3v) is 14.7. The van der Waals surface area contributed by atoms with Crippen LogP contribution in [0, 0.1) is 0 Å². The molecule has 0 heterocycles. The third kappa shape index (κ3) is 4.21. The molecule has 33 heavy (non-hydrogen) atoms. The molecular formula is C28H26Cl3SiTi. The van der Waals surface area contributed by atoms with Crippen molar-refractivity contribution >= 4 is 66.9 Å². The second-order valence-electron chi connectivity index (χ2n) is 8.01. The van der Waals surface area contributed by atoms with E-state index in [2.05, 4.69) is 149 Å². The van der Waals surface area contributed by atoms with Gasteiger partial charge in [-0.2, -0.15) is 0 Å². The molecule has 1 atom stereocenters. The Bertz CT molecular complexity index is 1120. The molecule has 1 aliphatic rings. The van der Waals surface area contributed by atoms with Crippen molar-refractivity contribution in [3.05, 3.63) is 132 Å². The number of halogens is 3. The van der Waals surface area contributed by atoms with Crippen LogP contribution in [0.4, 0.5) is 0 Å². The molecule has 5 rings (SSSR count). The van der Waals surface area contributed by atoms with Gasteiger partial charge in [0.15, 0.2) is 0 Å². The number of rotatable bonds is 4. The summed E-state index contributed by atoms with van der Waals surface area (Å²) < 4.78 is -0.0896. The van der Waals surface area contributed by atoms with Crippen LogP contribution in [-0.4, -0.2) is 8.07 Å². The quantitative estimate of drug-likeness (QED) is 0.224. The van der Waals surface area contributed by atoms with Gasteiger partial charge in [0.25, 0.3) is 0 Å². The van der Waals surface area contributed by atoms with E-state index < -0.39 is 8.07 Å². The smallest absolute Gasteiger partial charge is 0.147 e. The molecule has 0 aromatic heterocycles. The van der Waals surface area contributed by atoms with Crippen LogP contribution in [0.25, 0.3) is 6.08 Å². The van der Waals surface area contributed by atoms with Gasteiger partial charge in [-0.05, 0) is 0 Å². The van der Waals surface area contributed by atoms with E-state index in [1.54, 1.807) is 0 Å². The maximum atomic E-state index is 2.49. The molecule has 0 nitrogen and oxygen atoms in total. The fraction of sp³-hybridized carbons (Fsp3) is 0.0714. The van der Waals surface area contributed by atoms with E-state index in [-0.39, 0.29) is 40.6 Å². The summed E-state index contributed by atoms with van der Waals surface area (Å²) in [5.41, 5.74) is 4.26. The van der Waals surface area contributed by atoms with Crippen molar-refractivity contribution in [3.63, 3.8) is 0 Å². The SMILES string of the molecule is CC1=Cc2ccccc2[C]1([Ti])[Si](c1ccccc1)(c1ccccc1)c1ccccc1.Cl.Cl.Cl. The minimum atomic E-state index is -2.50. The van der Waals surface area contributed by atoms with Crippen molar-refractivity contribution in [2.75, 3.05) is 0 Å². The number of hydrogen-bond acceptors (Lipinski definition) is 0. The normalized spacial score (nSPS) is 16.3. The Morgan fingerprint density at radius 2 is 0.909 bits per heavy atom. The number of allylic oxidation sites excluding steroid dienone is 1. The van der Waals surface area contributed by atoms with Crippen LogP contribution in [-0.2, 0) is 23.8 Å². The number of fused-ring (bicyclic) bond motifs is 1. The molecule has 0 amide bonds. The third-order valence-electron chi connectivity index (χ3n) is 6.51. The van der Waals surface area contributed by atoms with Crippen LogP contribution >= 0.6 is 37.2 Å². The Morgan fingerprint density at radius 1 is 0.545 bits per heavy atom. The number of benzene rings is 4. The Morgan fingerprint density at radius 3 is 1.33 bits per heavy atom. The van der Waals surface area contributed by atoms with Gasteiger partial charge in [-0.1, -0.05) is 0 Å². The maximum absolute atomic E-state index is 2.50. The monoisotopic (exact) mass is 543 g/mol. The van der Waals surface area contributed by atoms with E-state index >= 15 is 0 Å². The molecule has 4 aromatic carbocycles. The van der Waals surface area contributed by atoms with Crippen molar-refractivity contribution in [1.82, 2.24) is 0 Å². The molecule has 0 saturated heterocycles. The van der Waals surface area contributed by atoms with Gasteiger partial charge in [0.1, 0.15) is 0 Å². The maximum Gasteiger partial charge on any atom is -0.147 e. The molecular weight excluding hydrogens is 519 g/mol. The first-order chi connectivity index (χ1) is 14.7. The van der Waals surface area contributed by atoms with Crippen molar-refractivity contribution in [3.8, 4) is 0 Å². The van der Waals surface area contributed by atoms with Crippen molar-refractivity contribution < 1.29 is 20.4 Å². The summed E-state index contributed by atoms with van der Waals surface area (Å²) in [6.45, 7) is 2.33. The zero-order valence-corrected chi connectivity index (χ0v) is 23.3. The summed E-state index contributed by atoms with van der Waals surface area (Å²) in [6.07, 6.45) is 2.41. The molecule has 0 bridgehead atoms. The molecule has 1 unspecified atom stereocenters. The van der Waals surface area contributed by atoms with Crippen molar-refractivity contribution in [1.29, 1.82) is 0 Å². The summed E-state index contributed by atoms with van der Waals surface area (Å²) in [7, 11) is -2.50. The summed E-state index contributed by atoms with van der Waals surface area (Å²) in [5.74, 6) is 0. The van der Waals surface area contributed by atoms with Gasteiger partial charge in [0, 0.05) is 0 Å². The van der Waals surface area contributed by atoms with Gasteiger partial charge in [-0.3, -0.25) is 0 Å². The fourth-order valence-electron chi connectivity index (χ4n) is 5.23. The Labute approximate surface area is 228 Å². The predicted molar refractivity (Wildman–Crippen MR) is 147 cm³/mol. The van der Waals surface area contributed by atoms with Crippen LogP contribution in [0.2, 0.25) is 0 Å². The van der Waals surface area contributed by atoms with E-state index in [4.69, 9.17) is 0 Å². The largest absolute Gasteiger partial charge is 0.147 e. The van der Waals surface area contributed by atoms with Crippen LogP contribution in [0.1, 0.15) is 18.1 Å². The zero-order chi connectivity index (χ0) is 20.6. The molecule has 0 spiro atoms. The average molecular weight is 545 g/mol. The van der Waals surface area contributed by atoms with Gasteiger partial charge in [0.2, 0.25) is 0 Å². The predicted octanol–water partition coefficient (Wildman–Crippen LogP) is 5.82. The topological polar surface area (TPSA) is 0 Å². The van der Waals surface area contributed by atoms with E-state index in [0.29, 0.717) is 0 Å². The first-order valence-electron chi connectivity index (χ1n) is 10.4. The zero-order valence-electron chi connectivity index (χ0n) is 18.3. The van der Waals surface area contributed by atoms with Gasteiger partial charge < -0.3 is 0 Å². The van der Waals surface area contributed by atoms with E-state index in [0.717, 1.165) is 0 Å². The Kier molecular flexibility index (Phi) is 9.42. The molecule has 0 N–H and O–H groups in total. The van der Waals surface area contributed by atoms with Gasteiger partial charge in [-0.15, -0.1) is 37.2 Å². The molecule has 0 radical (unpaired) electrons. The average Bonchev–Trinajstić information content (AvgIpc) is 3.07. The summed E-state index contributed by atoms with van der Waals surface area (Å²) >= 11 is 2.49. The van der Waals surface area contributed by atoms with Gasteiger partial charge in [0.05, 0.1) is 0 Å². The molecule has 0 fully saturated rings. The molecule has 0 aliphatic heterocycles. The first kappa shape index (κ1) is 27.7. The summed E-state index contributed by atoms with van der Waals surface area (Å²) in [6, 6.07) is 42.7. The molecule has 0 saturated carbocycles. The minimum Gasteiger partial charge on any atom is -0.147 e. The minimum absolute atomic E-state index is 0. The van der Waals surface area contributed by atoms with E-state index in [9.17, 15) is 0 Å². The van der Waals surface area contributed by atoms with Crippen LogP contribution in [0.15, 0.2) is 121 Å². The van der Waals surface area contributed by atoms with Crippen molar-refractivity contribution in [2.24, 2.45) is 0 Å². The molecule has 5 heteroatoms. The van der Waals surface area contributed by atoms with E-state index in [1.165, 1.54) is 32.3 Å². The van der Waals surface area contributed by atoms with Crippen molar-refractivity contribution in [2.45, 2.75) is 10.3 Å². The van der Waals surface area contributed by atoms with Gasteiger partial charge in [-0.25, -0.2) is 0 Å². The molecule has 1 aliphatic carbocycles. The molecule has 167 valence electrons. The second kappa shape index (κ2) is 11.2. The Hall–Kier alpha value is -1.58. The van der Waals surface area contributed by atoms with Crippen LogP contribution < -0.4 is 15.6 Å². The summed E-state index contributed by atoms with van der Waals surface area (Å²) in [4.78, 5) is 0. The second-order valence-corrected chi connectivity index (χ2v) is 13.9. The Balaban J connectivity index is 0.00000128. The van der Waals surface area contributed by atoms with Crippen LogP contribution in [0.5, 0.6) is 0 Å². The summed E-state index contributed by atoms with van der Waals surface area (Å²) in [5, 5.41) is 4.36. The fourth-order valence-corrected chi connectivity index (χ4v) is 13.4. The van der Waals surface area contributed by atoms with E-state index in [1.807, 2.05) is 0 Å². The standard InChI is InChI=1S/C28H23Si.3ClH.Ti/c1-22-21-23-13-11-12-20-27(23)28(22)29(24-14-5-2-6-15-24,25-16-7-3-8-17-25)26-18-9-4-10-19-26;;;;/h2-21H,1H3;3*1H;.